The lowest BCUT2D eigenvalue weighted by Gasteiger charge is -2.49. The van der Waals surface area contributed by atoms with Crippen LogP contribution in [0, 0.1) is 11.8 Å². The second-order valence-corrected chi connectivity index (χ2v) is 7.73. The van der Waals surface area contributed by atoms with E-state index in [1.165, 1.54) is 32.2 Å². The van der Waals surface area contributed by atoms with E-state index >= 15 is 0 Å². The lowest BCUT2D eigenvalue weighted by Crippen LogP contribution is -2.54. The van der Waals surface area contributed by atoms with Gasteiger partial charge in [-0.2, -0.15) is 0 Å². The van der Waals surface area contributed by atoms with Crippen molar-refractivity contribution < 1.29 is 0 Å². The van der Waals surface area contributed by atoms with Crippen LogP contribution in [0.5, 0.6) is 0 Å². The van der Waals surface area contributed by atoms with Gasteiger partial charge in [0.2, 0.25) is 0 Å². The predicted octanol–water partition coefficient (Wildman–Crippen LogP) is 5.27. The summed E-state index contributed by atoms with van der Waals surface area (Å²) in [5.74, 6) is 1.67. The van der Waals surface area contributed by atoms with Crippen LogP contribution in [0.1, 0.15) is 74.1 Å². The summed E-state index contributed by atoms with van der Waals surface area (Å²) in [6.07, 6.45) is 7.57. The van der Waals surface area contributed by atoms with Crippen molar-refractivity contribution >= 4 is 0 Å². The van der Waals surface area contributed by atoms with E-state index in [1.54, 1.807) is 5.57 Å². The van der Waals surface area contributed by atoms with E-state index in [-0.39, 0.29) is 0 Å². The summed E-state index contributed by atoms with van der Waals surface area (Å²) in [5.41, 5.74) is 1.89. The van der Waals surface area contributed by atoms with E-state index in [9.17, 15) is 0 Å². The van der Waals surface area contributed by atoms with E-state index in [0.717, 1.165) is 17.9 Å². The predicted molar refractivity (Wildman–Crippen MR) is 86.5 cm³/mol. The van der Waals surface area contributed by atoms with Crippen molar-refractivity contribution in [3.63, 3.8) is 0 Å². The molecule has 0 aromatic rings. The Morgan fingerprint density at radius 2 is 2.00 bits per heavy atom. The number of hydrogen-bond donors (Lipinski definition) is 0. The molecule has 1 nitrogen and oxygen atoms in total. The zero-order valence-corrected chi connectivity index (χ0v) is 14.3. The smallest absolute Gasteiger partial charge is 0.0158 e. The van der Waals surface area contributed by atoms with Crippen molar-refractivity contribution in [2.75, 3.05) is 6.54 Å². The molecule has 0 aromatic heterocycles. The molecule has 0 radical (unpaired) electrons. The van der Waals surface area contributed by atoms with Gasteiger partial charge in [0.05, 0.1) is 0 Å². The van der Waals surface area contributed by atoms with Crippen LogP contribution in [0.3, 0.4) is 0 Å². The van der Waals surface area contributed by atoms with Crippen LogP contribution in [0.4, 0.5) is 0 Å². The molecule has 112 valence electrons. The maximum absolute atomic E-state index is 2.81. The van der Waals surface area contributed by atoms with Gasteiger partial charge in [0.25, 0.3) is 0 Å². The summed E-state index contributed by atoms with van der Waals surface area (Å²) in [7, 11) is 0. The topological polar surface area (TPSA) is 3.24 Å². The monoisotopic (exact) mass is 265 g/mol. The fourth-order valence-electron chi connectivity index (χ4n) is 3.85. The van der Waals surface area contributed by atoms with Gasteiger partial charge < -0.3 is 0 Å². The highest BCUT2D eigenvalue weighted by molar-refractivity contribution is 5.02. The molecular weight excluding hydrogens is 230 g/mol. The Morgan fingerprint density at radius 1 is 1.37 bits per heavy atom. The molecule has 19 heavy (non-hydrogen) atoms. The number of hydrogen-bond acceptors (Lipinski definition) is 1. The molecule has 2 unspecified atom stereocenters. The van der Waals surface area contributed by atoms with Crippen molar-refractivity contribution in [1.29, 1.82) is 0 Å². The highest BCUT2D eigenvalue weighted by Crippen LogP contribution is 2.35. The number of nitrogens with zero attached hydrogens (tertiary/aromatic N) is 1. The average molecular weight is 265 g/mol. The van der Waals surface area contributed by atoms with Gasteiger partial charge in [-0.1, -0.05) is 32.4 Å². The summed E-state index contributed by atoms with van der Waals surface area (Å²) < 4.78 is 0. The van der Waals surface area contributed by atoms with Crippen molar-refractivity contribution in [2.45, 2.75) is 85.7 Å². The maximum atomic E-state index is 2.81. The third-order valence-corrected chi connectivity index (χ3v) is 4.71. The van der Waals surface area contributed by atoms with E-state index in [4.69, 9.17) is 0 Å². The molecule has 2 atom stereocenters. The Labute approximate surface area is 121 Å². The molecule has 0 spiro atoms. The molecule has 1 aliphatic heterocycles. The third kappa shape index (κ3) is 4.95. The summed E-state index contributed by atoms with van der Waals surface area (Å²) >= 11 is 0. The van der Waals surface area contributed by atoms with Crippen LogP contribution < -0.4 is 0 Å². The SMILES string of the molecule is CC=C(C)CC1CC(C)CCN1C(C)(C)CC(C)C. The Morgan fingerprint density at radius 3 is 2.53 bits per heavy atom. The van der Waals surface area contributed by atoms with Crippen molar-refractivity contribution in [3.05, 3.63) is 11.6 Å². The first-order valence-corrected chi connectivity index (χ1v) is 8.14. The molecule has 1 rings (SSSR count). The maximum Gasteiger partial charge on any atom is 0.0158 e. The van der Waals surface area contributed by atoms with E-state index in [0.29, 0.717) is 5.54 Å². The molecule has 1 aliphatic rings. The summed E-state index contributed by atoms with van der Waals surface area (Å²) in [5, 5.41) is 0. The molecule has 0 saturated carbocycles. The quantitative estimate of drug-likeness (QED) is 0.612. The van der Waals surface area contributed by atoms with Crippen molar-refractivity contribution in [1.82, 2.24) is 4.90 Å². The lowest BCUT2D eigenvalue weighted by atomic mass is 9.82. The number of allylic oxidation sites excluding steroid dienone is 1. The van der Waals surface area contributed by atoms with Crippen LogP contribution in [0.2, 0.25) is 0 Å². The first kappa shape index (κ1) is 16.8. The van der Waals surface area contributed by atoms with Crippen LogP contribution in [-0.2, 0) is 0 Å². The van der Waals surface area contributed by atoms with Crippen LogP contribution in [0.15, 0.2) is 11.6 Å². The molecule has 0 amide bonds. The van der Waals surface area contributed by atoms with Gasteiger partial charge in [-0.15, -0.1) is 0 Å². The normalized spacial score (nSPS) is 27.1. The number of likely N-dealkylation sites (tertiary alicyclic amines) is 1. The summed E-state index contributed by atoms with van der Waals surface area (Å²) in [6, 6.07) is 0.744. The minimum absolute atomic E-state index is 0.340. The number of piperidine rings is 1. The summed E-state index contributed by atoms with van der Waals surface area (Å²) in [6.45, 7) is 17.7. The van der Waals surface area contributed by atoms with Crippen LogP contribution >= 0.6 is 0 Å². The first-order valence-electron chi connectivity index (χ1n) is 8.14. The Balaban J connectivity index is 2.81. The molecule has 0 N–H and O–H groups in total. The van der Waals surface area contributed by atoms with Crippen LogP contribution in [0.25, 0.3) is 0 Å². The Bertz CT molecular complexity index is 301. The average Bonchev–Trinajstić information content (AvgIpc) is 2.26. The van der Waals surface area contributed by atoms with E-state index in [2.05, 4.69) is 59.4 Å². The highest BCUT2D eigenvalue weighted by atomic mass is 15.2. The van der Waals surface area contributed by atoms with E-state index < -0.39 is 0 Å². The van der Waals surface area contributed by atoms with Gasteiger partial charge in [-0.25, -0.2) is 0 Å². The molecule has 1 fully saturated rings. The van der Waals surface area contributed by atoms with Gasteiger partial charge >= 0.3 is 0 Å². The van der Waals surface area contributed by atoms with Crippen molar-refractivity contribution in [2.24, 2.45) is 11.8 Å². The van der Waals surface area contributed by atoms with Gasteiger partial charge in [0.1, 0.15) is 0 Å². The second-order valence-electron chi connectivity index (χ2n) is 7.73. The third-order valence-electron chi connectivity index (χ3n) is 4.71. The van der Waals surface area contributed by atoms with Gasteiger partial charge in [0, 0.05) is 11.6 Å². The highest BCUT2D eigenvalue weighted by Gasteiger charge is 2.36. The molecule has 0 aliphatic carbocycles. The zero-order valence-electron chi connectivity index (χ0n) is 14.3. The minimum atomic E-state index is 0.340. The summed E-state index contributed by atoms with van der Waals surface area (Å²) in [4.78, 5) is 2.81. The lowest BCUT2D eigenvalue weighted by molar-refractivity contribution is 0.0117. The fraction of sp³-hybridized carbons (Fsp3) is 0.889. The molecule has 1 heteroatoms. The molecule has 0 bridgehead atoms. The molecular formula is C18H35N. The largest absolute Gasteiger partial charge is 0.295 e. The van der Waals surface area contributed by atoms with Crippen LogP contribution in [-0.4, -0.2) is 23.0 Å². The van der Waals surface area contributed by atoms with Gasteiger partial charge in [-0.3, -0.25) is 4.90 Å². The Kier molecular flexibility index (Phi) is 6.11. The second kappa shape index (κ2) is 6.92. The van der Waals surface area contributed by atoms with Crippen molar-refractivity contribution in [3.8, 4) is 0 Å². The van der Waals surface area contributed by atoms with Gasteiger partial charge in [0.15, 0.2) is 0 Å². The van der Waals surface area contributed by atoms with E-state index in [1.807, 2.05) is 0 Å². The fourth-order valence-corrected chi connectivity index (χ4v) is 3.85. The number of rotatable bonds is 5. The minimum Gasteiger partial charge on any atom is -0.295 e. The molecule has 1 saturated heterocycles. The standard InChI is InChI=1S/C18H35N/c1-8-15(4)11-17-12-16(5)9-10-19(17)18(6,7)13-14(2)3/h8,14,16-17H,9-13H2,1-7H3. The first-order chi connectivity index (χ1) is 8.76. The molecule has 1 heterocycles. The zero-order chi connectivity index (χ0) is 14.6. The molecule has 0 aromatic carbocycles. The van der Waals surface area contributed by atoms with Gasteiger partial charge in [-0.05, 0) is 71.8 Å². The Hall–Kier alpha value is -0.300.